The number of amides is 1. The molecule has 2 fully saturated rings. The van der Waals surface area contributed by atoms with Gasteiger partial charge in [0.05, 0.1) is 18.3 Å². The van der Waals surface area contributed by atoms with Crippen molar-refractivity contribution >= 4 is 5.91 Å². The fourth-order valence-corrected chi connectivity index (χ4v) is 4.80. The molecule has 1 aromatic carbocycles. The first kappa shape index (κ1) is 18.7. The molecule has 3 aliphatic rings. The van der Waals surface area contributed by atoms with Crippen molar-refractivity contribution in [2.75, 3.05) is 19.8 Å². The van der Waals surface area contributed by atoms with Gasteiger partial charge >= 0.3 is 0 Å². The van der Waals surface area contributed by atoms with Crippen molar-refractivity contribution in [3.05, 3.63) is 46.8 Å². The van der Waals surface area contributed by atoms with E-state index in [0.29, 0.717) is 19.1 Å². The molecule has 1 amide bonds. The lowest BCUT2D eigenvalue weighted by atomic mass is 9.92. The number of aliphatic hydroxyl groups excluding tert-OH is 1. The second-order valence-electron chi connectivity index (χ2n) is 8.24. The average molecular weight is 403 g/mol. The number of halogens is 2. The maximum Gasteiger partial charge on any atom is 0.272 e. The zero-order valence-electron chi connectivity index (χ0n) is 15.9. The highest BCUT2D eigenvalue weighted by Gasteiger charge is 2.50. The van der Waals surface area contributed by atoms with Gasteiger partial charge in [-0.2, -0.15) is 5.10 Å². The zero-order chi connectivity index (χ0) is 20.1. The smallest absolute Gasteiger partial charge is 0.272 e. The highest BCUT2D eigenvalue weighted by atomic mass is 19.1. The van der Waals surface area contributed by atoms with Crippen LogP contribution in [0.4, 0.5) is 8.78 Å². The first-order valence-corrected chi connectivity index (χ1v) is 10.1. The molecular formula is C21H23F2N3O3. The molecule has 3 atom stereocenters. The maximum atomic E-state index is 14.4. The van der Waals surface area contributed by atoms with Crippen LogP contribution in [0, 0.1) is 23.5 Å². The van der Waals surface area contributed by atoms with Gasteiger partial charge in [-0.1, -0.05) is 0 Å². The molecule has 1 saturated carbocycles. The van der Waals surface area contributed by atoms with Gasteiger partial charge < -0.3 is 15.2 Å². The number of carbonyl (C=O) groups is 1. The SMILES string of the molecule is O=C(N[C@@H](CO)C1CCOCC1)c1nn(-c2ccc(F)cc2F)c2c1C[C@H]1C[C@@H]21. The van der Waals surface area contributed by atoms with E-state index < -0.39 is 11.6 Å². The molecule has 1 saturated heterocycles. The van der Waals surface area contributed by atoms with Crippen molar-refractivity contribution in [3.8, 4) is 5.69 Å². The number of nitrogens with one attached hydrogen (secondary N) is 1. The van der Waals surface area contributed by atoms with E-state index in [2.05, 4.69) is 10.4 Å². The molecule has 0 spiro atoms. The van der Waals surface area contributed by atoms with Crippen LogP contribution in [-0.2, 0) is 11.2 Å². The molecular weight excluding hydrogens is 380 g/mol. The van der Waals surface area contributed by atoms with E-state index >= 15 is 0 Å². The van der Waals surface area contributed by atoms with Gasteiger partial charge in [0.2, 0.25) is 0 Å². The molecule has 2 N–H and O–H groups in total. The minimum Gasteiger partial charge on any atom is -0.394 e. The van der Waals surface area contributed by atoms with Crippen LogP contribution in [-0.4, -0.2) is 46.7 Å². The first-order chi connectivity index (χ1) is 14.1. The summed E-state index contributed by atoms with van der Waals surface area (Å²) in [6.07, 6.45) is 3.31. The molecule has 2 aromatic rings. The third-order valence-electron chi connectivity index (χ3n) is 6.46. The molecule has 1 aliphatic heterocycles. The Hall–Kier alpha value is -2.32. The molecule has 0 unspecified atom stereocenters. The van der Waals surface area contributed by atoms with E-state index in [-0.39, 0.29) is 41.8 Å². The zero-order valence-corrected chi connectivity index (χ0v) is 15.9. The van der Waals surface area contributed by atoms with Crippen molar-refractivity contribution in [2.45, 2.75) is 37.6 Å². The van der Waals surface area contributed by atoms with Crippen LogP contribution in [0.2, 0.25) is 0 Å². The molecule has 154 valence electrons. The lowest BCUT2D eigenvalue weighted by Crippen LogP contribution is -2.45. The minimum atomic E-state index is -0.707. The van der Waals surface area contributed by atoms with E-state index in [1.165, 1.54) is 16.8 Å². The number of nitrogens with zero attached hydrogens (tertiary/aromatic N) is 2. The summed E-state index contributed by atoms with van der Waals surface area (Å²) < 4.78 is 34.6. The second kappa shape index (κ2) is 7.18. The average Bonchev–Trinajstić information content (AvgIpc) is 3.23. The predicted octanol–water partition coefficient (Wildman–Crippen LogP) is 2.33. The van der Waals surface area contributed by atoms with Crippen molar-refractivity contribution in [1.82, 2.24) is 15.1 Å². The van der Waals surface area contributed by atoms with Gasteiger partial charge in [0.15, 0.2) is 11.5 Å². The number of ether oxygens (including phenoxy) is 1. The second-order valence-corrected chi connectivity index (χ2v) is 8.24. The number of rotatable bonds is 5. The summed E-state index contributed by atoms with van der Waals surface area (Å²) in [5, 5.41) is 17.2. The molecule has 0 bridgehead atoms. The summed E-state index contributed by atoms with van der Waals surface area (Å²) in [5.74, 6) is -0.826. The van der Waals surface area contributed by atoms with Gasteiger partial charge in [-0.25, -0.2) is 13.5 Å². The largest absolute Gasteiger partial charge is 0.394 e. The Labute approximate surface area is 166 Å². The van der Waals surface area contributed by atoms with E-state index in [1.807, 2.05) is 0 Å². The van der Waals surface area contributed by atoms with Crippen LogP contribution in [0.5, 0.6) is 0 Å². The maximum absolute atomic E-state index is 14.4. The number of benzene rings is 1. The Kier molecular flexibility index (Phi) is 4.63. The van der Waals surface area contributed by atoms with Crippen molar-refractivity contribution in [3.63, 3.8) is 0 Å². The Morgan fingerprint density at radius 3 is 2.86 bits per heavy atom. The van der Waals surface area contributed by atoms with Crippen LogP contribution in [0.25, 0.3) is 5.69 Å². The quantitative estimate of drug-likeness (QED) is 0.804. The van der Waals surface area contributed by atoms with Crippen LogP contribution in [0.1, 0.15) is 46.9 Å². The van der Waals surface area contributed by atoms with Crippen LogP contribution >= 0.6 is 0 Å². The third-order valence-corrected chi connectivity index (χ3v) is 6.46. The molecule has 8 heteroatoms. The normalized spacial score (nSPS) is 24.1. The van der Waals surface area contributed by atoms with Gasteiger partial charge in [-0.05, 0) is 49.7 Å². The molecule has 1 aromatic heterocycles. The van der Waals surface area contributed by atoms with Gasteiger partial charge in [-0.3, -0.25) is 4.79 Å². The summed E-state index contributed by atoms with van der Waals surface area (Å²) in [6, 6.07) is 3.01. The highest BCUT2D eigenvalue weighted by molar-refractivity contribution is 5.94. The van der Waals surface area contributed by atoms with Crippen LogP contribution in [0.15, 0.2) is 18.2 Å². The Morgan fingerprint density at radius 1 is 1.34 bits per heavy atom. The number of fused-ring (bicyclic) bond motifs is 3. The number of hydrogen-bond donors (Lipinski definition) is 2. The van der Waals surface area contributed by atoms with Crippen LogP contribution in [0.3, 0.4) is 0 Å². The Morgan fingerprint density at radius 2 is 2.14 bits per heavy atom. The number of aliphatic hydroxyl groups is 1. The summed E-state index contributed by atoms with van der Waals surface area (Å²) in [4.78, 5) is 13.0. The molecule has 5 rings (SSSR count). The van der Waals surface area contributed by atoms with Crippen molar-refractivity contribution < 1.29 is 23.4 Å². The third kappa shape index (κ3) is 3.24. The summed E-state index contributed by atoms with van der Waals surface area (Å²) in [5.41, 5.74) is 2.13. The van der Waals surface area contributed by atoms with Gasteiger partial charge in [0, 0.05) is 30.8 Å². The lowest BCUT2D eigenvalue weighted by molar-refractivity contribution is 0.0418. The Balaban J connectivity index is 1.46. The van der Waals surface area contributed by atoms with Crippen molar-refractivity contribution in [1.29, 1.82) is 0 Å². The van der Waals surface area contributed by atoms with E-state index in [9.17, 15) is 18.7 Å². The van der Waals surface area contributed by atoms with E-state index in [1.54, 1.807) is 0 Å². The van der Waals surface area contributed by atoms with Crippen molar-refractivity contribution in [2.24, 2.45) is 11.8 Å². The number of aromatic nitrogens is 2. The molecule has 2 aliphatic carbocycles. The highest BCUT2D eigenvalue weighted by Crippen LogP contribution is 2.57. The molecule has 2 heterocycles. The molecule has 0 radical (unpaired) electrons. The van der Waals surface area contributed by atoms with Crippen LogP contribution < -0.4 is 5.32 Å². The van der Waals surface area contributed by atoms with E-state index in [0.717, 1.165) is 43.0 Å². The lowest BCUT2D eigenvalue weighted by Gasteiger charge is -2.29. The molecule has 6 nitrogen and oxygen atoms in total. The first-order valence-electron chi connectivity index (χ1n) is 10.1. The Bertz CT molecular complexity index is 955. The van der Waals surface area contributed by atoms with Gasteiger partial charge in [0.25, 0.3) is 5.91 Å². The standard InChI is InChI=1S/C21H23F2N3O3/c22-13-1-2-18(16(23)9-13)26-20-14-7-12(14)8-15(20)19(25-26)21(28)24-17(10-27)11-3-5-29-6-4-11/h1-2,9,11-12,14,17,27H,3-8,10H2,(H,24,28)/t12-,14-,17+/m1/s1. The fraction of sp³-hybridized carbons (Fsp3) is 0.524. The number of carbonyl (C=O) groups excluding carboxylic acids is 1. The van der Waals surface area contributed by atoms with E-state index in [4.69, 9.17) is 4.74 Å². The summed E-state index contributed by atoms with van der Waals surface area (Å²) in [6.45, 7) is 1.08. The number of hydrogen-bond acceptors (Lipinski definition) is 4. The molecule has 29 heavy (non-hydrogen) atoms. The topological polar surface area (TPSA) is 76.4 Å². The predicted molar refractivity (Wildman–Crippen MR) is 99.9 cm³/mol. The summed E-state index contributed by atoms with van der Waals surface area (Å²) in [7, 11) is 0. The summed E-state index contributed by atoms with van der Waals surface area (Å²) >= 11 is 0. The fourth-order valence-electron chi connectivity index (χ4n) is 4.80. The van der Waals surface area contributed by atoms with Gasteiger partial charge in [-0.15, -0.1) is 0 Å². The monoisotopic (exact) mass is 403 g/mol. The van der Waals surface area contributed by atoms with Gasteiger partial charge in [0.1, 0.15) is 11.5 Å². The minimum absolute atomic E-state index is 0.149.